The number of amides is 1. The Morgan fingerprint density at radius 1 is 1.44 bits per heavy atom. The van der Waals surface area contributed by atoms with Gasteiger partial charge < -0.3 is 15.0 Å². The van der Waals surface area contributed by atoms with Crippen LogP contribution in [0.2, 0.25) is 0 Å². The van der Waals surface area contributed by atoms with Crippen molar-refractivity contribution in [3.63, 3.8) is 0 Å². The van der Waals surface area contributed by atoms with Crippen LogP contribution < -0.4 is 5.32 Å². The predicted octanol–water partition coefficient (Wildman–Crippen LogP) is 2.10. The smallest absolute Gasteiger partial charge is 0.410 e. The first kappa shape index (κ1) is 15.2. The van der Waals surface area contributed by atoms with Gasteiger partial charge in [0.05, 0.1) is 0 Å². The summed E-state index contributed by atoms with van der Waals surface area (Å²) in [5.41, 5.74) is -0.420. The monoisotopic (exact) mass is 230 g/mol. The number of carbonyl (C=O) groups is 1. The molecule has 1 unspecified atom stereocenters. The van der Waals surface area contributed by atoms with Crippen molar-refractivity contribution in [2.45, 2.75) is 40.2 Å². The molecule has 0 spiro atoms. The fourth-order valence-electron chi connectivity index (χ4n) is 1.34. The topological polar surface area (TPSA) is 41.6 Å². The maximum atomic E-state index is 11.7. The van der Waals surface area contributed by atoms with Crippen LogP contribution >= 0.6 is 0 Å². The molecule has 96 valence electrons. The lowest BCUT2D eigenvalue weighted by Crippen LogP contribution is -2.38. The van der Waals surface area contributed by atoms with Crippen molar-refractivity contribution in [1.29, 1.82) is 0 Å². The van der Waals surface area contributed by atoms with Gasteiger partial charge in [-0.3, -0.25) is 0 Å². The molecule has 0 aromatic heterocycles. The lowest BCUT2D eigenvalue weighted by molar-refractivity contribution is 0.0277. The zero-order valence-corrected chi connectivity index (χ0v) is 11.5. The Morgan fingerprint density at radius 3 is 2.44 bits per heavy atom. The fourth-order valence-corrected chi connectivity index (χ4v) is 1.34. The summed E-state index contributed by atoms with van der Waals surface area (Å²) in [5, 5.41) is 3.26. The van der Waals surface area contributed by atoms with Crippen LogP contribution in [0.15, 0.2) is 0 Å². The van der Waals surface area contributed by atoms with Crippen molar-refractivity contribution in [3.05, 3.63) is 0 Å². The minimum Gasteiger partial charge on any atom is -0.444 e. The summed E-state index contributed by atoms with van der Waals surface area (Å²) in [5.74, 6) is 0.428. The van der Waals surface area contributed by atoms with E-state index < -0.39 is 5.60 Å². The molecule has 0 aromatic rings. The van der Waals surface area contributed by atoms with Gasteiger partial charge >= 0.3 is 6.09 Å². The van der Waals surface area contributed by atoms with Gasteiger partial charge in [0.2, 0.25) is 0 Å². The van der Waals surface area contributed by atoms with E-state index in [9.17, 15) is 4.79 Å². The van der Waals surface area contributed by atoms with E-state index in [-0.39, 0.29) is 6.09 Å². The summed E-state index contributed by atoms with van der Waals surface area (Å²) in [6.45, 7) is 12.4. The Kier molecular flexibility index (Phi) is 6.41. The average Bonchev–Trinajstić information content (AvgIpc) is 2.11. The lowest BCUT2D eigenvalue weighted by atomic mass is 10.1. The predicted molar refractivity (Wildman–Crippen MR) is 66.6 cm³/mol. The standard InChI is InChI=1S/C12H26N2O2/c1-7-13-8-10(2)9-14(6)11(15)16-12(3,4)5/h10,13H,7-9H2,1-6H3. The zero-order valence-electron chi connectivity index (χ0n) is 11.5. The van der Waals surface area contributed by atoms with Gasteiger partial charge in [0.15, 0.2) is 0 Å². The van der Waals surface area contributed by atoms with Gasteiger partial charge in [0.25, 0.3) is 0 Å². The Balaban J connectivity index is 3.95. The van der Waals surface area contributed by atoms with Crippen LogP contribution in [0.25, 0.3) is 0 Å². The van der Waals surface area contributed by atoms with Crippen molar-refractivity contribution in [3.8, 4) is 0 Å². The molecule has 1 N–H and O–H groups in total. The normalized spacial score (nSPS) is 13.4. The molecule has 16 heavy (non-hydrogen) atoms. The van der Waals surface area contributed by atoms with Crippen LogP contribution in [-0.2, 0) is 4.74 Å². The zero-order chi connectivity index (χ0) is 12.8. The van der Waals surface area contributed by atoms with Crippen LogP contribution in [0, 0.1) is 5.92 Å². The molecule has 4 heteroatoms. The third kappa shape index (κ3) is 7.51. The summed E-state index contributed by atoms with van der Waals surface area (Å²) in [6, 6.07) is 0. The van der Waals surface area contributed by atoms with Crippen LogP contribution in [-0.4, -0.2) is 43.3 Å². The summed E-state index contributed by atoms with van der Waals surface area (Å²) in [6.07, 6.45) is -0.254. The number of carbonyl (C=O) groups excluding carboxylic acids is 1. The number of nitrogens with zero attached hydrogens (tertiary/aromatic N) is 1. The van der Waals surface area contributed by atoms with Crippen LogP contribution in [0.5, 0.6) is 0 Å². The van der Waals surface area contributed by atoms with Crippen LogP contribution in [0.4, 0.5) is 4.79 Å². The van der Waals surface area contributed by atoms with Crippen molar-refractivity contribution in [2.24, 2.45) is 5.92 Å². The first-order valence-electron chi connectivity index (χ1n) is 5.91. The minimum atomic E-state index is -0.420. The number of hydrogen-bond donors (Lipinski definition) is 1. The van der Waals surface area contributed by atoms with Crippen molar-refractivity contribution in [2.75, 3.05) is 26.7 Å². The molecule has 0 radical (unpaired) electrons. The first-order valence-corrected chi connectivity index (χ1v) is 5.91. The molecule has 1 atom stereocenters. The van der Waals surface area contributed by atoms with Crippen LogP contribution in [0.3, 0.4) is 0 Å². The quantitative estimate of drug-likeness (QED) is 0.786. The molecule has 0 aromatic carbocycles. The number of nitrogens with one attached hydrogen (secondary N) is 1. The third-order valence-electron chi connectivity index (χ3n) is 2.03. The lowest BCUT2D eigenvalue weighted by Gasteiger charge is -2.26. The second kappa shape index (κ2) is 6.74. The third-order valence-corrected chi connectivity index (χ3v) is 2.03. The highest BCUT2D eigenvalue weighted by Gasteiger charge is 2.20. The van der Waals surface area contributed by atoms with E-state index in [1.165, 1.54) is 0 Å². The molecular weight excluding hydrogens is 204 g/mol. The molecule has 0 bridgehead atoms. The highest BCUT2D eigenvalue weighted by Crippen LogP contribution is 2.09. The number of hydrogen-bond acceptors (Lipinski definition) is 3. The highest BCUT2D eigenvalue weighted by atomic mass is 16.6. The second-order valence-corrected chi connectivity index (χ2v) is 5.27. The minimum absolute atomic E-state index is 0.254. The Morgan fingerprint density at radius 2 is 2.00 bits per heavy atom. The van der Waals surface area contributed by atoms with Gasteiger partial charge in [-0.2, -0.15) is 0 Å². The van der Waals surface area contributed by atoms with Gasteiger partial charge in [0, 0.05) is 13.6 Å². The molecular formula is C12H26N2O2. The highest BCUT2D eigenvalue weighted by molar-refractivity contribution is 5.67. The number of rotatable bonds is 5. The van der Waals surface area contributed by atoms with Crippen molar-refractivity contribution >= 4 is 6.09 Å². The summed E-state index contributed by atoms with van der Waals surface area (Å²) in [7, 11) is 1.77. The second-order valence-electron chi connectivity index (χ2n) is 5.27. The van der Waals surface area contributed by atoms with Gasteiger partial charge in [-0.25, -0.2) is 4.79 Å². The van der Waals surface area contributed by atoms with E-state index in [1.807, 2.05) is 20.8 Å². The molecule has 4 nitrogen and oxygen atoms in total. The molecule has 0 aliphatic heterocycles. The molecule has 0 fully saturated rings. The molecule has 0 rings (SSSR count). The Bertz CT molecular complexity index is 212. The first-order chi connectivity index (χ1) is 7.26. The van der Waals surface area contributed by atoms with E-state index in [4.69, 9.17) is 4.74 Å². The van der Waals surface area contributed by atoms with Crippen LogP contribution in [0.1, 0.15) is 34.6 Å². The van der Waals surface area contributed by atoms with E-state index in [1.54, 1.807) is 11.9 Å². The van der Waals surface area contributed by atoms with E-state index >= 15 is 0 Å². The molecule has 0 heterocycles. The van der Waals surface area contributed by atoms with Gasteiger partial charge in [-0.1, -0.05) is 13.8 Å². The number of ether oxygens (including phenoxy) is 1. The maximum absolute atomic E-state index is 11.7. The van der Waals surface area contributed by atoms with E-state index in [2.05, 4.69) is 19.2 Å². The summed E-state index contributed by atoms with van der Waals surface area (Å²) >= 11 is 0. The Hall–Kier alpha value is -0.770. The molecule has 0 aliphatic carbocycles. The van der Waals surface area contributed by atoms with Gasteiger partial charge in [-0.05, 0) is 39.8 Å². The van der Waals surface area contributed by atoms with Gasteiger partial charge in [0.1, 0.15) is 5.60 Å². The van der Waals surface area contributed by atoms with E-state index in [0.717, 1.165) is 13.1 Å². The SMILES string of the molecule is CCNCC(C)CN(C)C(=O)OC(C)(C)C. The largest absolute Gasteiger partial charge is 0.444 e. The van der Waals surface area contributed by atoms with Crippen molar-refractivity contribution in [1.82, 2.24) is 10.2 Å². The summed E-state index contributed by atoms with van der Waals surface area (Å²) < 4.78 is 5.27. The summed E-state index contributed by atoms with van der Waals surface area (Å²) in [4.78, 5) is 13.3. The maximum Gasteiger partial charge on any atom is 0.410 e. The molecule has 0 saturated heterocycles. The fraction of sp³-hybridized carbons (Fsp3) is 0.917. The Labute approximate surface area is 99.3 Å². The molecule has 0 saturated carbocycles. The van der Waals surface area contributed by atoms with E-state index in [0.29, 0.717) is 12.5 Å². The molecule has 1 amide bonds. The average molecular weight is 230 g/mol. The van der Waals surface area contributed by atoms with Crippen molar-refractivity contribution < 1.29 is 9.53 Å². The van der Waals surface area contributed by atoms with Gasteiger partial charge in [-0.15, -0.1) is 0 Å². The molecule has 0 aliphatic rings.